The Kier molecular flexibility index (Phi) is 5.31. The Morgan fingerprint density at radius 3 is 2.23 bits per heavy atom. The summed E-state index contributed by atoms with van der Waals surface area (Å²) in [5.41, 5.74) is 1.16. The largest absolute Gasteiger partial charge is 0.368 e. The molecule has 6 nitrogen and oxygen atoms in total. The minimum Gasteiger partial charge on any atom is -0.368 e. The highest BCUT2D eigenvalue weighted by Crippen LogP contribution is 2.23. The van der Waals surface area contributed by atoms with Gasteiger partial charge < -0.3 is 9.80 Å². The average molecular weight is 442 g/mol. The topological polar surface area (TPSA) is 83.7 Å². The summed E-state index contributed by atoms with van der Waals surface area (Å²) in [6, 6.07) is 10.4. The highest BCUT2D eigenvalue weighted by atomic mass is 79.9. The van der Waals surface area contributed by atoms with Gasteiger partial charge in [0.15, 0.2) is 0 Å². The van der Waals surface area contributed by atoms with E-state index in [4.69, 9.17) is 5.14 Å². The first-order valence-electron chi connectivity index (χ1n) is 7.88. The van der Waals surface area contributed by atoms with Gasteiger partial charge in [0.2, 0.25) is 10.0 Å². The SMILES string of the molecule is NS(=O)(=O)c1ccc(Br)c(C(=O)N2CCN(c3ccc(F)cc3)CC2)c1. The Hall–Kier alpha value is -1.97. The van der Waals surface area contributed by atoms with Crippen molar-refractivity contribution in [2.45, 2.75) is 4.90 Å². The van der Waals surface area contributed by atoms with Crippen LogP contribution in [0.3, 0.4) is 0 Å². The Labute approximate surface area is 159 Å². The summed E-state index contributed by atoms with van der Waals surface area (Å²) in [7, 11) is -3.89. The number of hydrogen-bond acceptors (Lipinski definition) is 4. The van der Waals surface area contributed by atoms with E-state index < -0.39 is 10.0 Å². The molecule has 26 heavy (non-hydrogen) atoms. The number of halogens is 2. The molecule has 0 atom stereocenters. The lowest BCUT2D eigenvalue weighted by molar-refractivity contribution is 0.0745. The summed E-state index contributed by atoms with van der Waals surface area (Å²) in [6.07, 6.45) is 0. The van der Waals surface area contributed by atoms with Crippen molar-refractivity contribution < 1.29 is 17.6 Å². The molecule has 2 aromatic rings. The smallest absolute Gasteiger partial charge is 0.255 e. The van der Waals surface area contributed by atoms with Gasteiger partial charge in [0, 0.05) is 36.3 Å². The van der Waals surface area contributed by atoms with Gasteiger partial charge >= 0.3 is 0 Å². The molecule has 0 bridgehead atoms. The van der Waals surface area contributed by atoms with Crippen molar-refractivity contribution in [2.24, 2.45) is 5.14 Å². The van der Waals surface area contributed by atoms with Crippen molar-refractivity contribution in [1.82, 2.24) is 4.90 Å². The summed E-state index contributed by atoms with van der Waals surface area (Å²) in [5.74, 6) is -0.553. The predicted octanol–water partition coefficient (Wildman–Crippen LogP) is 2.20. The lowest BCUT2D eigenvalue weighted by Gasteiger charge is -2.36. The van der Waals surface area contributed by atoms with Crippen LogP contribution >= 0.6 is 15.9 Å². The van der Waals surface area contributed by atoms with Crippen LogP contribution < -0.4 is 10.0 Å². The third kappa shape index (κ3) is 4.05. The molecule has 1 fully saturated rings. The molecule has 2 aromatic carbocycles. The lowest BCUT2D eigenvalue weighted by Crippen LogP contribution is -2.48. The minimum atomic E-state index is -3.89. The molecular weight excluding hydrogens is 425 g/mol. The Balaban J connectivity index is 1.73. The normalized spacial score (nSPS) is 15.2. The molecule has 1 aliphatic heterocycles. The second-order valence-electron chi connectivity index (χ2n) is 5.94. The van der Waals surface area contributed by atoms with Crippen LogP contribution in [0.4, 0.5) is 10.1 Å². The van der Waals surface area contributed by atoms with Crippen LogP contribution in [0.15, 0.2) is 51.8 Å². The van der Waals surface area contributed by atoms with Crippen LogP contribution in [-0.2, 0) is 10.0 Å². The molecule has 9 heteroatoms. The van der Waals surface area contributed by atoms with E-state index in [2.05, 4.69) is 20.8 Å². The number of carbonyl (C=O) groups is 1. The Morgan fingerprint density at radius 1 is 1.04 bits per heavy atom. The minimum absolute atomic E-state index is 0.103. The Morgan fingerprint density at radius 2 is 1.65 bits per heavy atom. The van der Waals surface area contributed by atoms with E-state index >= 15 is 0 Å². The number of benzene rings is 2. The summed E-state index contributed by atoms with van der Waals surface area (Å²) in [6.45, 7) is 2.15. The maximum Gasteiger partial charge on any atom is 0.255 e. The number of sulfonamides is 1. The number of carbonyl (C=O) groups excluding carboxylic acids is 1. The fraction of sp³-hybridized carbons (Fsp3) is 0.235. The average Bonchev–Trinajstić information content (AvgIpc) is 2.61. The number of hydrogen-bond donors (Lipinski definition) is 1. The monoisotopic (exact) mass is 441 g/mol. The van der Waals surface area contributed by atoms with Crippen LogP contribution in [0.1, 0.15) is 10.4 Å². The molecule has 0 spiro atoms. The molecule has 138 valence electrons. The number of rotatable bonds is 3. The third-order valence-corrected chi connectivity index (χ3v) is 5.86. The van der Waals surface area contributed by atoms with E-state index in [1.165, 1.54) is 30.3 Å². The molecule has 0 saturated carbocycles. The van der Waals surface area contributed by atoms with E-state index in [9.17, 15) is 17.6 Å². The van der Waals surface area contributed by atoms with Crippen LogP contribution in [-0.4, -0.2) is 45.4 Å². The highest BCUT2D eigenvalue weighted by Gasteiger charge is 2.25. The van der Waals surface area contributed by atoms with Gasteiger partial charge in [-0.3, -0.25) is 4.79 Å². The van der Waals surface area contributed by atoms with Crippen molar-refractivity contribution in [2.75, 3.05) is 31.1 Å². The van der Waals surface area contributed by atoms with Gasteiger partial charge in [-0.25, -0.2) is 17.9 Å². The number of nitrogens with two attached hydrogens (primary N) is 1. The Bertz CT molecular complexity index is 927. The molecular formula is C17H17BrFN3O3S. The van der Waals surface area contributed by atoms with Gasteiger partial charge in [-0.1, -0.05) is 0 Å². The maximum absolute atomic E-state index is 13.0. The zero-order chi connectivity index (χ0) is 18.9. The first-order chi connectivity index (χ1) is 12.3. The van der Waals surface area contributed by atoms with E-state index in [1.807, 2.05) is 0 Å². The van der Waals surface area contributed by atoms with E-state index in [0.29, 0.717) is 30.7 Å². The van der Waals surface area contributed by atoms with Gasteiger partial charge in [0.25, 0.3) is 5.91 Å². The van der Waals surface area contributed by atoms with Gasteiger partial charge in [-0.2, -0.15) is 0 Å². The fourth-order valence-electron chi connectivity index (χ4n) is 2.84. The number of primary sulfonamides is 1. The standard InChI is InChI=1S/C17H17BrFN3O3S/c18-16-6-5-14(26(20,24)25)11-15(16)17(23)22-9-7-21(8-10-22)13-3-1-12(19)2-4-13/h1-6,11H,7-10H2,(H2,20,24,25). The fourth-order valence-corrected chi connectivity index (χ4v) is 3.79. The van der Waals surface area contributed by atoms with Crippen LogP contribution in [0, 0.1) is 5.82 Å². The lowest BCUT2D eigenvalue weighted by atomic mass is 10.1. The first-order valence-corrected chi connectivity index (χ1v) is 10.2. The molecule has 1 amide bonds. The molecule has 0 aliphatic carbocycles. The van der Waals surface area contributed by atoms with Crippen molar-refractivity contribution >= 4 is 37.5 Å². The zero-order valence-electron chi connectivity index (χ0n) is 13.7. The van der Waals surface area contributed by atoms with Crippen LogP contribution in [0.25, 0.3) is 0 Å². The molecule has 1 aliphatic rings. The second-order valence-corrected chi connectivity index (χ2v) is 8.36. The van der Waals surface area contributed by atoms with Gasteiger partial charge in [0.1, 0.15) is 5.82 Å². The summed E-state index contributed by atoms with van der Waals surface area (Å²) >= 11 is 3.29. The molecule has 3 rings (SSSR count). The molecule has 2 N–H and O–H groups in total. The molecule has 1 saturated heterocycles. The third-order valence-electron chi connectivity index (χ3n) is 4.26. The number of amides is 1. The predicted molar refractivity (Wildman–Crippen MR) is 100 cm³/mol. The molecule has 0 aromatic heterocycles. The van der Waals surface area contributed by atoms with Crippen LogP contribution in [0.5, 0.6) is 0 Å². The summed E-state index contributed by atoms with van der Waals surface area (Å²) < 4.78 is 36.6. The second kappa shape index (κ2) is 7.34. The van der Waals surface area contributed by atoms with Crippen molar-refractivity contribution in [3.63, 3.8) is 0 Å². The van der Waals surface area contributed by atoms with Crippen molar-refractivity contribution in [3.05, 3.63) is 58.3 Å². The number of anilines is 1. The van der Waals surface area contributed by atoms with E-state index in [0.717, 1.165) is 5.69 Å². The van der Waals surface area contributed by atoms with E-state index in [-0.39, 0.29) is 22.2 Å². The van der Waals surface area contributed by atoms with Crippen molar-refractivity contribution in [3.8, 4) is 0 Å². The number of piperazine rings is 1. The highest BCUT2D eigenvalue weighted by molar-refractivity contribution is 9.10. The maximum atomic E-state index is 13.0. The van der Waals surface area contributed by atoms with Gasteiger partial charge in [-0.15, -0.1) is 0 Å². The van der Waals surface area contributed by atoms with Gasteiger partial charge in [-0.05, 0) is 58.4 Å². The summed E-state index contributed by atoms with van der Waals surface area (Å²) in [4.78, 5) is 16.4. The van der Waals surface area contributed by atoms with Crippen molar-refractivity contribution in [1.29, 1.82) is 0 Å². The van der Waals surface area contributed by atoms with E-state index in [1.54, 1.807) is 17.0 Å². The first kappa shape index (κ1) is 18.8. The quantitative estimate of drug-likeness (QED) is 0.790. The number of nitrogens with zero attached hydrogens (tertiary/aromatic N) is 2. The zero-order valence-corrected chi connectivity index (χ0v) is 16.1. The molecule has 1 heterocycles. The van der Waals surface area contributed by atoms with Crippen LogP contribution in [0.2, 0.25) is 0 Å². The van der Waals surface area contributed by atoms with Gasteiger partial charge in [0.05, 0.1) is 10.5 Å². The molecule has 0 unspecified atom stereocenters. The molecule has 0 radical (unpaired) electrons. The summed E-state index contributed by atoms with van der Waals surface area (Å²) in [5, 5.41) is 5.15.